The smallest absolute Gasteiger partial charge is 0.323 e. The van der Waals surface area contributed by atoms with Gasteiger partial charge in [-0.25, -0.2) is 0 Å². The Balaban J connectivity index is 4.46. The quantitative estimate of drug-likeness (QED) is 0.589. The third kappa shape index (κ3) is 6.00. The Kier molecular flexibility index (Phi) is 9.28. The van der Waals surface area contributed by atoms with Crippen LogP contribution in [0.15, 0.2) is 0 Å². The van der Waals surface area contributed by atoms with Gasteiger partial charge in [0.2, 0.25) is 0 Å². The summed E-state index contributed by atoms with van der Waals surface area (Å²) >= 11 is 0. The van der Waals surface area contributed by atoms with Crippen LogP contribution in [-0.4, -0.2) is 49.2 Å². The number of carbonyl (C=O) groups excluding carboxylic acids is 2. The SMILES string of the molecule is CCOC(=O)CC[C@@H](C(=O)OCC)N(CC)CC. The lowest BCUT2D eigenvalue weighted by atomic mass is 10.1. The van der Waals surface area contributed by atoms with Gasteiger partial charge < -0.3 is 9.47 Å². The lowest BCUT2D eigenvalue weighted by Crippen LogP contribution is -2.42. The van der Waals surface area contributed by atoms with E-state index in [1.54, 1.807) is 13.8 Å². The molecule has 0 heterocycles. The summed E-state index contributed by atoms with van der Waals surface area (Å²) in [7, 11) is 0. The van der Waals surface area contributed by atoms with Crippen LogP contribution in [-0.2, 0) is 19.1 Å². The minimum Gasteiger partial charge on any atom is -0.466 e. The summed E-state index contributed by atoms with van der Waals surface area (Å²) in [6.07, 6.45) is 0.688. The highest BCUT2D eigenvalue weighted by Crippen LogP contribution is 2.10. The van der Waals surface area contributed by atoms with E-state index in [0.717, 1.165) is 13.1 Å². The molecule has 0 aromatic rings. The molecule has 0 unspecified atom stereocenters. The molecule has 0 saturated carbocycles. The van der Waals surface area contributed by atoms with Gasteiger partial charge in [0.05, 0.1) is 13.2 Å². The van der Waals surface area contributed by atoms with Gasteiger partial charge in [0.1, 0.15) is 6.04 Å². The zero-order valence-electron chi connectivity index (χ0n) is 11.9. The first-order valence-corrected chi connectivity index (χ1v) is 6.66. The van der Waals surface area contributed by atoms with E-state index >= 15 is 0 Å². The molecule has 0 bridgehead atoms. The first kappa shape index (κ1) is 16.9. The number of carbonyl (C=O) groups is 2. The summed E-state index contributed by atoms with van der Waals surface area (Å²) in [5.41, 5.74) is 0. The predicted molar refractivity (Wildman–Crippen MR) is 69.2 cm³/mol. The van der Waals surface area contributed by atoms with E-state index in [9.17, 15) is 9.59 Å². The number of nitrogens with zero attached hydrogens (tertiary/aromatic N) is 1. The zero-order chi connectivity index (χ0) is 14.0. The lowest BCUT2D eigenvalue weighted by molar-refractivity contribution is -0.150. The van der Waals surface area contributed by atoms with Crippen molar-refractivity contribution in [2.75, 3.05) is 26.3 Å². The van der Waals surface area contributed by atoms with Crippen molar-refractivity contribution in [1.29, 1.82) is 0 Å². The second-order valence-electron chi connectivity index (χ2n) is 3.83. The van der Waals surface area contributed by atoms with Gasteiger partial charge in [0.25, 0.3) is 0 Å². The highest BCUT2D eigenvalue weighted by atomic mass is 16.5. The molecule has 5 heteroatoms. The van der Waals surface area contributed by atoms with Gasteiger partial charge in [-0.15, -0.1) is 0 Å². The molecule has 5 nitrogen and oxygen atoms in total. The molecule has 0 rings (SSSR count). The molecule has 0 N–H and O–H groups in total. The van der Waals surface area contributed by atoms with Crippen LogP contribution in [0.25, 0.3) is 0 Å². The van der Waals surface area contributed by atoms with Gasteiger partial charge in [-0.05, 0) is 33.4 Å². The molecule has 106 valence electrons. The lowest BCUT2D eigenvalue weighted by Gasteiger charge is -2.27. The first-order valence-electron chi connectivity index (χ1n) is 6.66. The Morgan fingerprint density at radius 3 is 2.00 bits per heavy atom. The van der Waals surface area contributed by atoms with Crippen LogP contribution in [0.5, 0.6) is 0 Å². The van der Waals surface area contributed by atoms with Crippen LogP contribution in [0.1, 0.15) is 40.5 Å². The maximum absolute atomic E-state index is 11.9. The Bertz CT molecular complexity index is 251. The zero-order valence-corrected chi connectivity index (χ0v) is 11.9. The van der Waals surface area contributed by atoms with Crippen LogP contribution < -0.4 is 0 Å². The summed E-state index contributed by atoms with van der Waals surface area (Å²) < 4.78 is 9.92. The number of esters is 2. The van der Waals surface area contributed by atoms with E-state index in [2.05, 4.69) is 0 Å². The van der Waals surface area contributed by atoms with Crippen molar-refractivity contribution in [3.8, 4) is 0 Å². The maximum Gasteiger partial charge on any atom is 0.323 e. The molecule has 0 saturated heterocycles. The molecule has 1 atom stereocenters. The van der Waals surface area contributed by atoms with Crippen molar-refractivity contribution in [2.24, 2.45) is 0 Å². The number of likely N-dealkylation sites (N-methyl/N-ethyl adjacent to an activating group) is 1. The van der Waals surface area contributed by atoms with Gasteiger partial charge in [-0.1, -0.05) is 13.8 Å². The van der Waals surface area contributed by atoms with Gasteiger partial charge in [-0.2, -0.15) is 0 Å². The second kappa shape index (κ2) is 9.88. The van der Waals surface area contributed by atoms with Crippen LogP contribution in [0.3, 0.4) is 0 Å². The summed E-state index contributed by atoms with van der Waals surface area (Å²) in [5, 5.41) is 0. The van der Waals surface area contributed by atoms with Gasteiger partial charge >= 0.3 is 11.9 Å². The third-order valence-corrected chi connectivity index (χ3v) is 2.74. The Morgan fingerprint density at radius 1 is 1.00 bits per heavy atom. The highest BCUT2D eigenvalue weighted by molar-refractivity contribution is 5.77. The molecule has 18 heavy (non-hydrogen) atoms. The normalized spacial score (nSPS) is 12.3. The monoisotopic (exact) mass is 259 g/mol. The first-order chi connectivity index (χ1) is 8.60. The fourth-order valence-electron chi connectivity index (χ4n) is 1.84. The van der Waals surface area contributed by atoms with E-state index in [1.807, 2.05) is 18.7 Å². The molecule has 0 aliphatic rings. The van der Waals surface area contributed by atoms with E-state index in [4.69, 9.17) is 9.47 Å². The average molecular weight is 259 g/mol. The number of rotatable bonds is 9. The van der Waals surface area contributed by atoms with Crippen molar-refractivity contribution in [1.82, 2.24) is 4.90 Å². The number of hydrogen-bond donors (Lipinski definition) is 0. The average Bonchev–Trinajstić information content (AvgIpc) is 2.35. The van der Waals surface area contributed by atoms with Gasteiger partial charge in [-0.3, -0.25) is 14.5 Å². The minimum absolute atomic E-state index is 0.244. The van der Waals surface area contributed by atoms with Crippen LogP contribution in [0, 0.1) is 0 Å². The largest absolute Gasteiger partial charge is 0.466 e. The Morgan fingerprint density at radius 2 is 1.56 bits per heavy atom. The van der Waals surface area contributed by atoms with Crippen molar-refractivity contribution in [3.05, 3.63) is 0 Å². The van der Waals surface area contributed by atoms with Gasteiger partial charge in [0, 0.05) is 6.42 Å². The summed E-state index contributed by atoms with van der Waals surface area (Å²) in [4.78, 5) is 25.2. The van der Waals surface area contributed by atoms with E-state index in [0.29, 0.717) is 19.6 Å². The molecular formula is C13H25NO4. The summed E-state index contributed by atoms with van der Waals surface area (Å²) in [5.74, 6) is -0.524. The number of hydrogen-bond acceptors (Lipinski definition) is 5. The predicted octanol–water partition coefficient (Wildman–Crippen LogP) is 1.60. The van der Waals surface area contributed by atoms with Crippen molar-refractivity contribution in [3.63, 3.8) is 0 Å². The Hall–Kier alpha value is -1.10. The van der Waals surface area contributed by atoms with Crippen molar-refractivity contribution >= 4 is 11.9 Å². The molecule has 0 radical (unpaired) electrons. The Labute approximate surface area is 109 Å². The minimum atomic E-state index is -0.357. The van der Waals surface area contributed by atoms with E-state index in [1.165, 1.54) is 0 Å². The summed E-state index contributed by atoms with van der Waals surface area (Å²) in [6.45, 7) is 9.75. The molecule has 0 amide bonds. The standard InChI is InChI=1S/C13H25NO4/c1-5-14(6-2)11(13(16)18-8-4)9-10-12(15)17-7-3/h11H,5-10H2,1-4H3/t11-/m0/s1. The van der Waals surface area contributed by atoms with Crippen molar-refractivity contribution < 1.29 is 19.1 Å². The molecule has 0 aromatic carbocycles. The molecule has 0 aliphatic carbocycles. The maximum atomic E-state index is 11.9. The molecule has 0 fully saturated rings. The van der Waals surface area contributed by atoms with Crippen LogP contribution >= 0.6 is 0 Å². The topological polar surface area (TPSA) is 55.8 Å². The van der Waals surface area contributed by atoms with Crippen molar-refractivity contribution in [2.45, 2.75) is 46.6 Å². The van der Waals surface area contributed by atoms with E-state index in [-0.39, 0.29) is 24.4 Å². The fraction of sp³-hybridized carbons (Fsp3) is 0.846. The molecule has 0 aromatic heterocycles. The summed E-state index contributed by atoms with van der Waals surface area (Å²) in [6, 6.07) is -0.357. The molecular weight excluding hydrogens is 234 g/mol. The highest BCUT2D eigenvalue weighted by Gasteiger charge is 2.25. The van der Waals surface area contributed by atoms with Crippen LogP contribution in [0.4, 0.5) is 0 Å². The molecule has 0 aliphatic heterocycles. The van der Waals surface area contributed by atoms with E-state index < -0.39 is 0 Å². The second-order valence-corrected chi connectivity index (χ2v) is 3.83. The van der Waals surface area contributed by atoms with Gasteiger partial charge in [0.15, 0.2) is 0 Å². The number of ether oxygens (including phenoxy) is 2. The van der Waals surface area contributed by atoms with Crippen LogP contribution in [0.2, 0.25) is 0 Å². The molecule has 0 spiro atoms. The fourth-order valence-corrected chi connectivity index (χ4v) is 1.84. The third-order valence-electron chi connectivity index (χ3n) is 2.74.